The Morgan fingerprint density at radius 3 is 2.35 bits per heavy atom. The fourth-order valence-electron chi connectivity index (χ4n) is 3.12. The number of benzene rings is 2. The third-order valence-electron chi connectivity index (χ3n) is 4.48. The molecule has 2 aromatic carbocycles. The Morgan fingerprint density at radius 2 is 1.69 bits per heavy atom. The van der Waals surface area contributed by atoms with E-state index in [0.717, 1.165) is 29.0 Å². The number of rotatable bonds is 5. The summed E-state index contributed by atoms with van der Waals surface area (Å²) in [6.07, 6.45) is 3.36. The second-order valence-corrected chi connectivity index (χ2v) is 6.92. The van der Waals surface area contributed by atoms with Crippen molar-refractivity contribution >= 4 is 29.5 Å². The van der Waals surface area contributed by atoms with Gasteiger partial charge in [0, 0.05) is 18.0 Å². The quantitative estimate of drug-likeness (QED) is 0.787. The van der Waals surface area contributed by atoms with Crippen LogP contribution in [0, 0.1) is 0 Å². The average molecular weight is 369 g/mol. The largest absolute Gasteiger partial charge is 0.348 e. The number of nitrogens with one attached hydrogen (secondary N) is 2. The molecular formula is C21H21ClN2O2. The van der Waals surface area contributed by atoms with E-state index in [-0.39, 0.29) is 23.6 Å². The van der Waals surface area contributed by atoms with E-state index in [4.69, 9.17) is 11.6 Å². The predicted octanol–water partition coefficient (Wildman–Crippen LogP) is 3.88. The van der Waals surface area contributed by atoms with Crippen LogP contribution in [-0.4, -0.2) is 17.9 Å². The number of amides is 2. The molecule has 2 amide bonds. The Balaban J connectivity index is 1.63. The summed E-state index contributed by atoms with van der Waals surface area (Å²) >= 11 is 6.24. The highest BCUT2D eigenvalue weighted by molar-refractivity contribution is 6.31. The van der Waals surface area contributed by atoms with E-state index in [1.165, 1.54) is 6.92 Å². The molecule has 2 aromatic rings. The van der Waals surface area contributed by atoms with E-state index in [1.807, 2.05) is 54.6 Å². The molecule has 1 saturated carbocycles. The van der Waals surface area contributed by atoms with Crippen molar-refractivity contribution in [1.82, 2.24) is 10.6 Å². The minimum atomic E-state index is -0.273. The highest BCUT2D eigenvalue weighted by Gasteiger charge is 2.33. The first-order chi connectivity index (χ1) is 12.5. The highest BCUT2D eigenvalue weighted by Crippen LogP contribution is 2.39. The van der Waals surface area contributed by atoms with Gasteiger partial charge >= 0.3 is 0 Å². The Bertz CT molecular complexity index is 827. The molecular weight excluding hydrogens is 348 g/mol. The summed E-state index contributed by atoms with van der Waals surface area (Å²) < 4.78 is 0. The van der Waals surface area contributed by atoms with E-state index in [0.29, 0.717) is 5.92 Å². The molecule has 1 fully saturated rings. The maximum atomic E-state index is 12.6. The normalized spacial score (nSPS) is 19.4. The molecule has 0 heterocycles. The van der Waals surface area contributed by atoms with Crippen molar-refractivity contribution in [2.45, 2.75) is 31.7 Å². The van der Waals surface area contributed by atoms with Crippen molar-refractivity contribution in [3.05, 3.63) is 76.4 Å². The molecule has 0 bridgehead atoms. The van der Waals surface area contributed by atoms with Gasteiger partial charge in [0.1, 0.15) is 5.70 Å². The van der Waals surface area contributed by atoms with Crippen LogP contribution in [0.5, 0.6) is 0 Å². The highest BCUT2D eigenvalue weighted by atomic mass is 35.5. The predicted molar refractivity (Wildman–Crippen MR) is 104 cm³/mol. The van der Waals surface area contributed by atoms with Crippen LogP contribution < -0.4 is 10.6 Å². The van der Waals surface area contributed by atoms with Crippen LogP contribution in [0.3, 0.4) is 0 Å². The van der Waals surface area contributed by atoms with Crippen LogP contribution in [-0.2, 0) is 9.59 Å². The zero-order valence-electron chi connectivity index (χ0n) is 14.5. The molecule has 1 aliphatic carbocycles. The molecule has 1 aliphatic rings. The first-order valence-corrected chi connectivity index (χ1v) is 9.00. The molecule has 2 N–H and O–H groups in total. The summed E-state index contributed by atoms with van der Waals surface area (Å²) in [6, 6.07) is 17.3. The Kier molecular flexibility index (Phi) is 5.74. The maximum absolute atomic E-state index is 12.6. The fourth-order valence-corrected chi connectivity index (χ4v) is 3.41. The zero-order valence-corrected chi connectivity index (χ0v) is 15.3. The number of carbonyl (C=O) groups excluding carboxylic acids is 2. The monoisotopic (exact) mass is 368 g/mol. The smallest absolute Gasteiger partial charge is 0.268 e. The average Bonchev–Trinajstić information content (AvgIpc) is 2.58. The van der Waals surface area contributed by atoms with Gasteiger partial charge in [-0.2, -0.15) is 0 Å². The van der Waals surface area contributed by atoms with Crippen molar-refractivity contribution in [3.8, 4) is 0 Å². The second kappa shape index (κ2) is 8.19. The molecule has 0 radical (unpaired) electrons. The molecule has 4 nitrogen and oxygen atoms in total. The lowest BCUT2D eigenvalue weighted by Crippen LogP contribution is -2.46. The second-order valence-electron chi connectivity index (χ2n) is 6.51. The summed E-state index contributed by atoms with van der Waals surface area (Å²) in [5.41, 5.74) is 2.24. The standard InChI is InChI=1S/C21H21ClN2O2/c1-14(25)23-20(11-15-7-3-2-4-8-15)21(26)24-17-12-16(13-17)18-9-5-6-10-19(18)22/h2-11,16-17H,12-13H2,1H3,(H,23,25)(H,24,26)/b20-11-. The number of halogens is 1. The minimum absolute atomic E-state index is 0.0803. The molecule has 0 aliphatic heterocycles. The first-order valence-electron chi connectivity index (χ1n) is 8.62. The van der Waals surface area contributed by atoms with Crippen LogP contribution in [0.2, 0.25) is 5.02 Å². The lowest BCUT2D eigenvalue weighted by Gasteiger charge is -2.36. The molecule has 3 rings (SSSR count). The van der Waals surface area contributed by atoms with Gasteiger partial charge in [-0.3, -0.25) is 9.59 Å². The fraction of sp³-hybridized carbons (Fsp3) is 0.238. The topological polar surface area (TPSA) is 58.2 Å². The van der Waals surface area contributed by atoms with Gasteiger partial charge in [-0.1, -0.05) is 60.1 Å². The Labute approximate surface area is 158 Å². The molecule has 26 heavy (non-hydrogen) atoms. The summed E-state index contributed by atoms with van der Waals surface area (Å²) in [5.74, 6) is -0.187. The van der Waals surface area contributed by atoms with Crippen LogP contribution in [0.1, 0.15) is 36.8 Å². The molecule has 0 atom stereocenters. The van der Waals surface area contributed by atoms with E-state index < -0.39 is 0 Å². The lowest BCUT2D eigenvalue weighted by atomic mass is 9.76. The first kappa shape index (κ1) is 18.2. The van der Waals surface area contributed by atoms with E-state index >= 15 is 0 Å². The van der Waals surface area contributed by atoms with E-state index in [2.05, 4.69) is 10.6 Å². The van der Waals surface area contributed by atoms with Crippen LogP contribution in [0.15, 0.2) is 60.3 Å². The van der Waals surface area contributed by atoms with Gasteiger partial charge in [0.25, 0.3) is 5.91 Å². The molecule has 134 valence electrons. The maximum Gasteiger partial charge on any atom is 0.268 e. The number of hydrogen-bond acceptors (Lipinski definition) is 2. The van der Waals surface area contributed by atoms with E-state index in [1.54, 1.807) is 6.08 Å². The third-order valence-corrected chi connectivity index (χ3v) is 4.83. The zero-order chi connectivity index (χ0) is 18.5. The Hall–Kier alpha value is -2.59. The minimum Gasteiger partial charge on any atom is -0.348 e. The molecule has 5 heteroatoms. The Morgan fingerprint density at radius 1 is 1.04 bits per heavy atom. The van der Waals surface area contributed by atoms with Crippen molar-refractivity contribution in [3.63, 3.8) is 0 Å². The summed E-state index contributed by atoms with van der Waals surface area (Å²) in [4.78, 5) is 24.0. The van der Waals surface area contributed by atoms with Gasteiger partial charge in [-0.15, -0.1) is 0 Å². The van der Waals surface area contributed by atoms with Crippen LogP contribution in [0.4, 0.5) is 0 Å². The summed E-state index contributed by atoms with van der Waals surface area (Å²) in [7, 11) is 0. The molecule has 0 unspecified atom stereocenters. The van der Waals surface area contributed by atoms with Gasteiger partial charge in [0.15, 0.2) is 0 Å². The molecule has 0 aromatic heterocycles. The van der Waals surface area contributed by atoms with Gasteiger partial charge in [0.2, 0.25) is 5.91 Å². The number of carbonyl (C=O) groups is 2. The lowest BCUT2D eigenvalue weighted by molar-refractivity contribution is -0.123. The van der Waals surface area contributed by atoms with Gasteiger partial charge in [0.05, 0.1) is 0 Å². The van der Waals surface area contributed by atoms with Crippen molar-refractivity contribution in [2.24, 2.45) is 0 Å². The third kappa shape index (κ3) is 4.52. The molecule has 0 spiro atoms. The van der Waals surface area contributed by atoms with Crippen LogP contribution in [0.25, 0.3) is 6.08 Å². The summed E-state index contributed by atoms with van der Waals surface area (Å²) in [5, 5.41) is 6.39. The number of hydrogen-bond donors (Lipinski definition) is 2. The van der Waals surface area contributed by atoms with E-state index in [9.17, 15) is 9.59 Å². The van der Waals surface area contributed by atoms with Crippen LogP contribution >= 0.6 is 11.6 Å². The van der Waals surface area contributed by atoms with Crippen molar-refractivity contribution < 1.29 is 9.59 Å². The summed E-state index contributed by atoms with van der Waals surface area (Å²) in [6.45, 7) is 1.39. The SMILES string of the molecule is CC(=O)N/C(=C\c1ccccc1)C(=O)NC1CC(c2ccccc2Cl)C1. The molecule has 0 saturated heterocycles. The van der Waals surface area contributed by atoms with Gasteiger partial charge in [-0.05, 0) is 42.0 Å². The van der Waals surface area contributed by atoms with Gasteiger partial charge in [-0.25, -0.2) is 0 Å². The van der Waals surface area contributed by atoms with Gasteiger partial charge < -0.3 is 10.6 Å². The van der Waals surface area contributed by atoms with Crippen molar-refractivity contribution in [2.75, 3.05) is 0 Å². The van der Waals surface area contributed by atoms with Crippen molar-refractivity contribution in [1.29, 1.82) is 0 Å².